The molecule has 0 aliphatic heterocycles. The Bertz CT molecular complexity index is 1850. The second-order valence-electron chi connectivity index (χ2n) is 26.7. The van der Waals surface area contributed by atoms with Gasteiger partial charge in [0, 0.05) is 0 Å². The van der Waals surface area contributed by atoms with Crippen molar-refractivity contribution >= 4 is 0 Å². The Morgan fingerprint density at radius 1 is 0.400 bits per heavy atom. The van der Waals surface area contributed by atoms with Crippen LogP contribution in [0.5, 0.6) is 0 Å². The third kappa shape index (κ3) is 16.7. The predicted molar refractivity (Wildman–Crippen MR) is 317 cm³/mol. The Kier molecular flexibility index (Phi) is 24.3. The van der Waals surface area contributed by atoms with Gasteiger partial charge >= 0.3 is 0 Å². The largest absolute Gasteiger partial charge is 0.0850 e. The standard InChI is InChI=1S/C17H28.C17H26.C17H28.C17H26.2CH4/c2*1-11(2)6-14-10-15(7-12(3)4)17-9-13(5)8-16(14)17;2*1-11(2)8-14-10-15(9-12(3)4)17-13(5)6-7-16(14)17;;/h6-7,13-17H,8-10H2,1-5H3;6-8,14-17H,9-10H2,1-5H3;8-9,13-17H,6-7,10H2,1-5H3;6,8-9,14-17H,7,10H2,1-5H3;2*1H4. The van der Waals surface area contributed by atoms with E-state index >= 15 is 0 Å². The van der Waals surface area contributed by atoms with E-state index in [0.717, 1.165) is 107 Å². The van der Waals surface area contributed by atoms with Crippen LogP contribution in [0.3, 0.4) is 0 Å². The van der Waals surface area contributed by atoms with Crippen molar-refractivity contribution in [2.45, 2.75) is 218 Å². The van der Waals surface area contributed by atoms with E-state index in [1.807, 2.05) is 0 Å². The number of hydrogen-bond donors (Lipinski definition) is 0. The summed E-state index contributed by atoms with van der Waals surface area (Å²) in [6.07, 6.45) is 39.3. The normalized spacial score (nSPS) is 36.5. The molecule has 0 saturated heterocycles. The van der Waals surface area contributed by atoms with Crippen LogP contribution in [0, 0.1) is 107 Å². The van der Waals surface area contributed by atoms with Crippen molar-refractivity contribution in [1.29, 1.82) is 0 Å². The molecule has 0 aromatic carbocycles. The lowest BCUT2D eigenvalue weighted by molar-refractivity contribution is 0.315. The zero-order chi connectivity index (χ0) is 50.3. The summed E-state index contributed by atoms with van der Waals surface area (Å²) in [6.45, 7) is 45.4. The van der Waals surface area contributed by atoms with E-state index in [1.165, 1.54) is 109 Å². The summed E-state index contributed by atoms with van der Waals surface area (Å²) in [5, 5.41) is 0. The Hall–Kier alpha value is -2.60. The molecule has 8 rings (SSSR count). The first-order valence-electron chi connectivity index (χ1n) is 28.5. The summed E-state index contributed by atoms with van der Waals surface area (Å²) in [5.74, 6) is 15.8. The maximum atomic E-state index is 2.55. The predicted octanol–water partition coefficient (Wildman–Crippen LogP) is 22.0. The van der Waals surface area contributed by atoms with Gasteiger partial charge < -0.3 is 0 Å². The zero-order valence-corrected chi connectivity index (χ0v) is 48.2. The van der Waals surface area contributed by atoms with Gasteiger partial charge in [-0.1, -0.05) is 152 Å². The van der Waals surface area contributed by atoms with E-state index in [2.05, 4.69) is 199 Å². The second kappa shape index (κ2) is 27.6. The molecule has 17 atom stereocenters. The number of allylic oxidation sites excluding steroid dienone is 20. The van der Waals surface area contributed by atoms with Crippen molar-refractivity contribution < 1.29 is 0 Å². The van der Waals surface area contributed by atoms with Gasteiger partial charge in [-0.05, 0) is 289 Å². The summed E-state index contributed by atoms with van der Waals surface area (Å²) < 4.78 is 0. The van der Waals surface area contributed by atoms with Crippen molar-refractivity contribution in [2.24, 2.45) is 107 Å². The quantitative estimate of drug-likeness (QED) is 0.213. The maximum Gasteiger partial charge on any atom is -0.0106 e. The number of rotatable bonds is 8. The van der Waals surface area contributed by atoms with Gasteiger partial charge in [0.15, 0.2) is 0 Å². The average molecular weight is 958 g/mol. The van der Waals surface area contributed by atoms with Crippen molar-refractivity contribution in [1.82, 2.24) is 0 Å². The fourth-order valence-electron chi connectivity index (χ4n) is 16.3. The minimum atomic E-state index is 0. The summed E-state index contributed by atoms with van der Waals surface area (Å²) in [6, 6.07) is 0. The van der Waals surface area contributed by atoms with E-state index in [4.69, 9.17) is 0 Å². The summed E-state index contributed by atoms with van der Waals surface area (Å²) >= 11 is 0. The van der Waals surface area contributed by atoms with E-state index in [0.29, 0.717) is 0 Å². The molecule has 17 unspecified atom stereocenters. The molecule has 0 bridgehead atoms. The van der Waals surface area contributed by atoms with E-state index in [-0.39, 0.29) is 14.9 Å². The van der Waals surface area contributed by atoms with Crippen molar-refractivity contribution in [3.8, 4) is 0 Å². The molecule has 0 heterocycles. The smallest absolute Gasteiger partial charge is 0.0106 e. The molecule has 6 saturated carbocycles. The molecule has 0 aromatic rings. The van der Waals surface area contributed by atoms with Crippen LogP contribution in [0.15, 0.2) is 116 Å². The van der Waals surface area contributed by atoms with Gasteiger partial charge in [-0.2, -0.15) is 0 Å². The second-order valence-corrected chi connectivity index (χ2v) is 26.7. The summed E-state index contributed by atoms with van der Waals surface area (Å²) in [5.41, 5.74) is 15.2. The lowest BCUT2D eigenvalue weighted by Crippen LogP contribution is -2.15. The first-order chi connectivity index (χ1) is 31.9. The molecule has 396 valence electrons. The fraction of sp³-hybridized carbons (Fsp3) is 0.714. The van der Waals surface area contributed by atoms with Crippen LogP contribution in [0.2, 0.25) is 0 Å². The molecule has 8 aliphatic carbocycles. The van der Waals surface area contributed by atoms with Gasteiger partial charge in [-0.25, -0.2) is 0 Å². The molecular weight excluding hydrogens is 841 g/mol. The zero-order valence-electron chi connectivity index (χ0n) is 48.2. The van der Waals surface area contributed by atoms with E-state index < -0.39 is 0 Å². The molecule has 0 amide bonds. The maximum absolute atomic E-state index is 2.55. The molecule has 6 fully saturated rings. The molecule has 0 radical (unpaired) electrons. The minimum absolute atomic E-state index is 0. The SMILES string of the molecule is C.C.CC(C)=CC1CC(C=C(C)C)C2C(C)=CCC12.CC(C)=CC1CC(C=C(C)C)C2C(C)CCC12.CC(C)=CC1CC(C=C(C)C)C2CC(C)=CC12.CC(C)=CC1CC(C=C(C)C)C2CC(C)CC12. The van der Waals surface area contributed by atoms with E-state index in [1.54, 1.807) is 11.1 Å². The monoisotopic (exact) mass is 957 g/mol. The topological polar surface area (TPSA) is 0 Å². The summed E-state index contributed by atoms with van der Waals surface area (Å²) in [7, 11) is 0. The highest BCUT2D eigenvalue weighted by Gasteiger charge is 2.48. The average Bonchev–Trinajstić information content (AvgIpc) is 4.08. The van der Waals surface area contributed by atoms with Crippen molar-refractivity contribution in [2.75, 3.05) is 0 Å². The molecule has 0 N–H and O–H groups in total. The molecule has 70 heavy (non-hydrogen) atoms. The Balaban J connectivity index is 0.000000245. The van der Waals surface area contributed by atoms with Crippen molar-refractivity contribution in [3.05, 3.63) is 116 Å². The van der Waals surface area contributed by atoms with Crippen LogP contribution in [-0.2, 0) is 0 Å². The minimum Gasteiger partial charge on any atom is -0.0850 e. The summed E-state index contributed by atoms with van der Waals surface area (Å²) in [4.78, 5) is 0. The first-order valence-corrected chi connectivity index (χ1v) is 28.5. The van der Waals surface area contributed by atoms with Crippen LogP contribution in [-0.4, -0.2) is 0 Å². The lowest BCUT2D eigenvalue weighted by Gasteiger charge is -2.21. The Morgan fingerprint density at radius 2 is 0.757 bits per heavy atom. The third-order valence-electron chi connectivity index (χ3n) is 18.0. The Labute approximate surface area is 438 Å². The van der Waals surface area contributed by atoms with E-state index in [9.17, 15) is 0 Å². The molecule has 0 nitrogen and oxygen atoms in total. The van der Waals surface area contributed by atoms with Crippen LogP contribution < -0.4 is 0 Å². The Morgan fingerprint density at radius 3 is 1.23 bits per heavy atom. The van der Waals surface area contributed by atoms with Crippen LogP contribution in [0.1, 0.15) is 218 Å². The highest BCUT2D eigenvalue weighted by Crippen LogP contribution is 2.57. The molecule has 8 aliphatic rings. The van der Waals surface area contributed by atoms with Gasteiger partial charge in [0.2, 0.25) is 0 Å². The number of fused-ring (bicyclic) bond motifs is 4. The molecule has 0 spiro atoms. The van der Waals surface area contributed by atoms with Gasteiger partial charge in [0.05, 0.1) is 0 Å². The third-order valence-corrected chi connectivity index (χ3v) is 18.0. The number of hydrogen-bond acceptors (Lipinski definition) is 0. The molecular formula is C70H116. The van der Waals surface area contributed by atoms with Crippen LogP contribution in [0.4, 0.5) is 0 Å². The first kappa shape index (κ1) is 61.7. The fourth-order valence-corrected chi connectivity index (χ4v) is 16.3. The van der Waals surface area contributed by atoms with Crippen LogP contribution >= 0.6 is 0 Å². The molecule has 0 aromatic heterocycles. The van der Waals surface area contributed by atoms with Gasteiger partial charge in [0.25, 0.3) is 0 Å². The van der Waals surface area contributed by atoms with Crippen molar-refractivity contribution in [3.63, 3.8) is 0 Å². The highest BCUT2D eigenvalue weighted by molar-refractivity contribution is 5.25. The molecule has 0 heteroatoms. The van der Waals surface area contributed by atoms with Gasteiger partial charge in [-0.15, -0.1) is 0 Å². The lowest BCUT2D eigenvalue weighted by atomic mass is 9.84. The van der Waals surface area contributed by atoms with Gasteiger partial charge in [-0.3, -0.25) is 0 Å². The van der Waals surface area contributed by atoms with Crippen LogP contribution in [0.25, 0.3) is 0 Å². The highest BCUT2D eigenvalue weighted by atomic mass is 14.5. The van der Waals surface area contributed by atoms with Gasteiger partial charge in [0.1, 0.15) is 0 Å².